The van der Waals surface area contributed by atoms with Crippen LogP contribution in [0.15, 0.2) is 27.1 Å². The minimum atomic E-state index is -4.35. The van der Waals surface area contributed by atoms with Crippen molar-refractivity contribution in [2.24, 2.45) is 0 Å². The first-order valence-electron chi connectivity index (χ1n) is 5.30. The molecule has 0 aliphatic carbocycles. The lowest BCUT2D eigenvalue weighted by atomic mass is 10.2. The maximum atomic E-state index is 12.6. The van der Waals surface area contributed by atoms with Crippen LogP contribution in [0.25, 0.3) is 5.69 Å². The Balaban J connectivity index is 2.55. The summed E-state index contributed by atoms with van der Waals surface area (Å²) < 4.78 is 40.6. The Morgan fingerprint density at radius 2 is 1.79 bits per heavy atom. The van der Waals surface area contributed by atoms with Crippen molar-refractivity contribution in [2.75, 3.05) is 0 Å². The number of hydrogen-bond acceptors (Lipinski definition) is 1. The molecule has 0 unspecified atom stereocenters. The van der Waals surface area contributed by atoms with E-state index in [4.69, 9.17) is 0 Å². The molecule has 0 saturated heterocycles. The Bertz CT molecular complexity index is 633. The zero-order valence-electron chi connectivity index (χ0n) is 10.0. The van der Waals surface area contributed by atoms with Gasteiger partial charge in [0.05, 0.1) is 27.1 Å². The summed E-state index contributed by atoms with van der Waals surface area (Å²) in [7, 11) is 0. The molecule has 19 heavy (non-hydrogen) atoms. The fourth-order valence-corrected chi connectivity index (χ4v) is 2.51. The van der Waals surface area contributed by atoms with Crippen LogP contribution < -0.4 is 0 Å². The van der Waals surface area contributed by atoms with E-state index in [1.54, 1.807) is 4.68 Å². The molecule has 0 spiro atoms. The van der Waals surface area contributed by atoms with Crippen molar-refractivity contribution in [2.45, 2.75) is 20.0 Å². The number of nitrogens with zero attached hydrogens (tertiary/aromatic N) is 2. The van der Waals surface area contributed by atoms with Gasteiger partial charge in [0.25, 0.3) is 0 Å². The first-order chi connectivity index (χ1) is 8.71. The van der Waals surface area contributed by atoms with Crippen molar-refractivity contribution < 1.29 is 13.2 Å². The normalized spacial score (nSPS) is 11.9. The van der Waals surface area contributed by atoms with Gasteiger partial charge in [0.1, 0.15) is 0 Å². The Hall–Kier alpha value is -0.820. The summed E-state index contributed by atoms with van der Waals surface area (Å²) in [5.74, 6) is 0. The van der Waals surface area contributed by atoms with Gasteiger partial charge in [-0.1, -0.05) is 0 Å². The molecule has 2 nitrogen and oxygen atoms in total. The zero-order chi connectivity index (χ0) is 14.4. The second-order valence-electron chi connectivity index (χ2n) is 4.06. The first-order valence-corrected chi connectivity index (χ1v) is 6.89. The van der Waals surface area contributed by atoms with Crippen LogP contribution in [0, 0.1) is 13.8 Å². The molecule has 2 rings (SSSR count). The van der Waals surface area contributed by atoms with Crippen molar-refractivity contribution in [3.05, 3.63) is 44.1 Å². The monoisotopic (exact) mass is 396 g/mol. The molecule has 2 aromatic rings. The molecule has 0 saturated carbocycles. The summed E-state index contributed by atoms with van der Waals surface area (Å²) in [6, 6.07) is 3.50. The van der Waals surface area contributed by atoms with Gasteiger partial charge < -0.3 is 0 Å². The molecular weight excluding hydrogens is 389 g/mol. The van der Waals surface area contributed by atoms with Crippen molar-refractivity contribution in [3.8, 4) is 5.69 Å². The summed E-state index contributed by atoms with van der Waals surface area (Å²) in [6.45, 7) is 3.67. The van der Waals surface area contributed by atoms with Crippen LogP contribution in [0.1, 0.15) is 17.0 Å². The van der Waals surface area contributed by atoms with Crippen molar-refractivity contribution in [1.29, 1.82) is 0 Å². The van der Waals surface area contributed by atoms with E-state index in [0.29, 0.717) is 10.2 Å². The largest absolute Gasteiger partial charge is 0.416 e. The van der Waals surface area contributed by atoms with E-state index < -0.39 is 11.7 Å². The lowest BCUT2D eigenvalue weighted by Crippen LogP contribution is -2.07. The summed E-state index contributed by atoms with van der Waals surface area (Å²) in [6.07, 6.45) is -4.35. The molecule has 0 fully saturated rings. The highest BCUT2D eigenvalue weighted by Gasteiger charge is 2.31. The lowest BCUT2D eigenvalue weighted by Gasteiger charge is -2.11. The van der Waals surface area contributed by atoms with Crippen molar-refractivity contribution >= 4 is 31.9 Å². The van der Waals surface area contributed by atoms with Gasteiger partial charge in [0.2, 0.25) is 0 Å². The topological polar surface area (TPSA) is 17.8 Å². The molecule has 1 aromatic heterocycles. The van der Waals surface area contributed by atoms with Crippen LogP contribution in [0.4, 0.5) is 13.2 Å². The zero-order valence-corrected chi connectivity index (χ0v) is 13.2. The van der Waals surface area contributed by atoms with Gasteiger partial charge in [-0.05, 0) is 63.9 Å². The Labute approximate surface area is 124 Å². The number of alkyl halides is 3. The highest BCUT2D eigenvalue weighted by Crippen LogP contribution is 2.34. The van der Waals surface area contributed by atoms with E-state index in [1.165, 1.54) is 6.07 Å². The van der Waals surface area contributed by atoms with Gasteiger partial charge in [0.15, 0.2) is 0 Å². The quantitative estimate of drug-likeness (QED) is 0.659. The fraction of sp³-hybridized carbons (Fsp3) is 0.250. The number of benzene rings is 1. The van der Waals surface area contributed by atoms with E-state index in [2.05, 4.69) is 37.0 Å². The Kier molecular flexibility index (Phi) is 3.79. The molecule has 0 amide bonds. The SMILES string of the molecule is Cc1nn(-c2ccc(C(F)(F)F)cc2Br)c(C)c1Br. The third kappa shape index (κ3) is 2.72. The molecule has 1 aromatic carbocycles. The maximum Gasteiger partial charge on any atom is 0.416 e. The van der Waals surface area contributed by atoms with Crippen LogP contribution in [0.2, 0.25) is 0 Å². The standard InChI is InChI=1S/C12H9Br2F3N2/c1-6-11(14)7(2)19(18-6)10-4-3-8(5-9(10)13)12(15,16)17/h3-5H,1-2H3. The van der Waals surface area contributed by atoms with Crippen molar-refractivity contribution in [1.82, 2.24) is 9.78 Å². The van der Waals surface area contributed by atoms with Gasteiger partial charge in [-0.25, -0.2) is 4.68 Å². The molecule has 0 N–H and O–H groups in total. The fourth-order valence-electron chi connectivity index (χ4n) is 1.71. The number of aromatic nitrogens is 2. The highest BCUT2D eigenvalue weighted by atomic mass is 79.9. The van der Waals surface area contributed by atoms with Crippen molar-refractivity contribution in [3.63, 3.8) is 0 Å². The van der Waals surface area contributed by atoms with Gasteiger partial charge >= 0.3 is 6.18 Å². The average molecular weight is 398 g/mol. The Morgan fingerprint density at radius 1 is 1.16 bits per heavy atom. The molecule has 0 atom stereocenters. The van der Waals surface area contributed by atoms with Crippen LogP contribution in [0.5, 0.6) is 0 Å². The molecule has 7 heteroatoms. The smallest absolute Gasteiger partial charge is 0.236 e. The van der Waals surface area contributed by atoms with Gasteiger partial charge in [-0.2, -0.15) is 18.3 Å². The molecule has 1 heterocycles. The third-order valence-corrected chi connectivity index (χ3v) is 4.49. The van der Waals surface area contributed by atoms with Crippen LogP contribution in [-0.2, 0) is 6.18 Å². The minimum Gasteiger partial charge on any atom is -0.236 e. The Morgan fingerprint density at radius 3 is 2.21 bits per heavy atom. The molecule has 0 bridgehead atoms. The minimum absolute atomic E-state index is 0.348. The van der Waals surface area contributed by atoms with Gasteiger partial charge in [-0.15, -0.1) is 0 Å². The van der Waals surface area contributed by atoms with E-state index >= 15 is 0 Å². The number of rotatable bonds is 1. The average Bonchev–Trinajstić information content (AvgIpc) is 2.56. The van der Waals surface area contributed by atoms with E-state index in [9.17, 15) is 13.2 Å². The molecule has 0 radical (unpaired) electrons. The molecule has 102 valence electrons. The maximum absolute atomic E-state index is 12.6. The summed E-state index contributed by atoms with van der Waals surface area (Å²) in [4.78, 5) is 0. The lowest BCUT2D eigenvalue weighted by molar-refractivity contribution is -0.137. The first kappa shape index (κ1) is 14.6. The predicted molar refractivity (Wildman–Crippen MR) is 73.4 cm³/mol. The van der Waals surface area contributed by atoms with Gasteiger partial charge in [-0.3, -0.25) is 0 Å². The summed E-state index contributed by atoms with van der Waals surface area (Å²) in [5, 5.41) is 4.29. The third-order valence-electron chi connectivity index (χ3n) is 2.71. The summed E-state index contributed by atoms with van der Waals surface area (Å²) in [5.41, 5.74) is 1.49. The van der Waals surface area contributed by atoms with E-state index in [-0.39, 0.29) is 0 Å². The van der Waals surface area contributed by atoms with Crippen LogP contribution >= 0.6 is 31.9 Å². The highest BCUT2D eigenvalue weighted by molar-refractivity contribution is 9.11. The van der Waals surface area contributed by atoms with Crippen LogP contribution in [0.3, 0.4) is 0 Å². The number of halogens is 5. The van der Waals surface area contributed by atoms with Gasteiger partial charge in [0, 0.05) is 4.47 Å². The summed E-state index contributed by atoms with van der Waals surface area (Å²) >= 11 is 6.56. The number of hydrogen-bond donors (Lipinski definition) is 0. The van der Waals surface area contributed by atoms with E-state index in [1.807, 2.05) is 13.8 Å². The molecular formula is C12H9Br2F3N2. The van der Waals surface area contributed by atoms with E-state index in [0.717, 1.165) is 28.0 Å². The second kappa shape index (κ2) is 4.94. The number of aryl methyl sites for hydroxylation is 1. The van der Waals surface area contributed by atoms with Crippen LogP contribution in [-0.4, -0.2) is 9.78 Å². The molecule has 0 aliphatic rings. The molecule has 0 aliphatic heterocycles. The predicted octanol–water partition coefficient (Wildman–Crippen LogP) is 5.03. The second-order valence-corrected chi connectivity index (χ2v) is 5.71.